The van der Waals surface area contributed by atoms with Gasteiger partial charge in [0.05, 0.1) is 6.10 Å². The Kier molecular flexibility index (Phi) is 4.88. The van der Waals surface area contributed by atoms with Gasteiger partial charge in [0.15, 0.2) is 0 Å². The van der Waals surface area contributed by atoms with Gasteiger partial charge in [0, 0.05) is 32.0 Å². The molecule has 2 rings (SSSR count). The molecule has 1 unspecified atom stereocenters. The van der Waals surface area contributed by atoms with Crippen LogP contribution in [0.1, 0.15) is 36.7 Å². The number of nitrogens with one attached hydrogen (secondary N) is 1. The highest BCUT2D eigenvalue weighted by atomic mass is 32.1. The van der Waals surface area contributed by atoms with E-state index in [4.69, 9.17) is 4.74 Å². The van der Waals surface area contributed by atoms with E-state index in [-0.39, 0.29) is 0 Å². The maximum Gasteiger partial charge on any atom is 0.120 e. The molecule has 0 saturated carbocycles. The van der Waals surface area contributed by atoms with Gasteiger partial charge in [0.25, 0.3) is 0 Å². The molecule has 0 aliphatic carbocycles. The van der Waals surface area contributed by atoms with Crippen LogP contribution in [0, 0.1) is 0 Å². The molecule has 0 radical (unpaired) electrons. The van der Waals surface area contributed by atoms with Crippen LogP contribution in [0.4, 0.5) is 0 Å². The first kappa shape index (κ1) is 12.9. The Morgan fingerprint density at radius 2 is 2.24 bits per heavy atom. The summed E-state index contributed by atoms with van der Waals surface area (Å²) in [6, 6.07) is 0.536. The zero-order valence-electron chi connectivity index (χ0n) is 10.6. The van der Waals surface area contributed by atoms with Gasteiger partial charge >= 0.3 is 0 Å². The van der Waals surface area contributed by atoms with Gasteiger partial charge in [-0.1, -0.05) is 13.8 Å². The Balaban J connectivity index is 1.75. The molecule has 0 amide bonds. The molecule has 0 spiro atoms. The van der Waals surface area contributed by atoms with Crippen LogP contribution in [0.25, 0.3) is 0 Å². The summed E-state index contributed by atoms with van der Waals surface area (Å²) in [4.78, 5) is 0. The van der Waals surface area contributed by atoms with Gasteiger partial charge in [-0.25, -0.2) is 0 Å². The van der Waals surface area contributed by atoms with Crippen LogP contribution < -0.4 is 5.32 Å². The Hall–Kier alpha value is -0.520. The minimum Gasteiger partial charge on any atom is -0.378 e. The van der Waals surface area contributed by atoms with Crippen molar-refractivity contribution in [2.45, 2.75) is 51.7 Å². The third-order valence-electron chi connectivity index (χ3n) is 2.83. The van der Waals surface area contributed by atoms with E-state index in [9.17, 15) is 0 Å². The van der Waals surface area contributed by atoms with Gasteiger partial charge in [-0.05, 0) is 12.8 Å². The van der Waals surface area contributed by atoms with Gasteiger partial charge in [-0.2, -0.15) is 0 Å². The maximum absolute atomic E-state index is 5.61. The first-order valence-corrected chi connectivity index (χ1v) is 7.22. The molecule has 5 heteroatoms. The monoisotopic (exact) mass is 255 g/mol. The molecule has 1 aromatic heterocycles. The van der Waals surface area contributed by atoms with Crippen molar-refractivity contribution >= 4 is 11.3 Å². The Morgan fingerprint density at radius 3 is 2.94 bits per heavy atom. The number of nitrogens with zero attached hydrogens (tertiary/aromatic N) is 2. The van der Waals surface area contributed by atoms with Crippen LogP contribution in [-0.4, -0.2) is 35.5 Å². The van der Waals surface area contributed by atoms with E-state index in [1.807, 2.05) is 0 Å². The molecule has 1 fully saturated rings. The molecule has 0 bridgehead atoms. The lowest BCUT2D eigenvalue weighted by Gasteiger charge is -2.05. The van der Waals surface area contributed by atoms with Crippen molar-refractivity contribution in [1.82, 2.24) is 15.5 Å². The van der Waals surface area contributed by atoms with Crippen LogP contribution in [0.5, 0.6) is 0 Å². The van der Waals surface area contributed by atoms with E-state index in [2.05, 4.69) is 29.4 Å². The molecule has 1 saturated heterocycles. The summed E-state index contributed by atoms with van der Waals surface area (Å²) in [7, 11) is 0. The van der Waals surface area contributed by atoms with Crippen LogP contribution in [0.2, 0.25) is 0 Å². The highest BCUT2D eigenvalue weighted by Crippen LogP contribution is 2.19. The summed E-state index contributed by atoms with van der Waals surface area (Å²) in [6.07, 6.45) is 4.65. The predicted octanol–water partition coefficient (Wildman–Crippen LogP) is 1.80. The van der Waals surface area contributed by atoms with Gasteiger partial charge in [-0.3, -0.25) is 0 Å². The van der Waals surface area contributed by atoms with E-state index in [0.717, 1.165) is 36.0 Å². The second-order valence-electron chi connectivity index (χ2n) is 4.79. The van der Waals surface area contributed by atoms with E-state index in [0.29, 0.717) is 12.1 Å². The number of hydrogen-bond acceptors (Lipinski definition) is 5. The lowest BCUT2D eigenvalue weighted by atomic mass is 10.2. The summed E-state index contributed by atoms with van der Waals surface area (Å²) >= 11 is 1.73. The van der Waals surface area contributed by atoms with Gasteiger partial charge in [-0.15, -0.1) is 21.5 Å². The molecular formula is C12H21N3OS. The number of hydrogen-bond donors (Lipinski definition) is 1. The topological polar surface area (TPSA) is 47.0 Å². The molecule has 1 aliphatic heterocycles. The second-order valence-corrected chi connectivity index (χ2v) is 5.93. The van der Waals surface area contributed by atoms with Crippen molar-refractivity contribution in [3.8, 4) is 0 Å². The maximum atomic E-state index is 5.61. The van der Waals surface area contributed by atoms with Crippen LogP contribution >= 0.6 is 11.3 Å². The van der Waals surface area contributed by atoms with Crippen molar-refractivity contribution in [3.63, 3.8) is 0 Å². The van der Waals surface area contributed by atoms with Crippen molar-refractivity contribution < 1.29 is 4.74 Å². The van der Waals surface area contributed by atoms with E-state index < -0.39 is 0 Å². The molecule has 96 valence electrons. The fraction of sp³-hybridized carbons (Fsp3) is 0.833. The first-order chi connectivity index (χ1) is 8.24. The van der Waals surface area contributed by atoms with Crippen LogP contribution in [-0.2, 0) is 17.6 Å². The molecule has 1 aromatic rings. The smallest absolute Gasteiger partial charge is 0.120 e. The fourth-order valence-corrected chi connectivity index (χ4v) is 2.85. The van der Waals surface area contributed by atoms with Crippen LogP contribution in [0.3, 0.4) is 0 Å². The van der Waals surface area contributed by atoms with Gasteiger partial charge in [0.2, 0.25) is 0 Å². The Morgan fingerprint density at radius 1 is 1.41 bits per heavy atom. The first-order valence-electron chi connectivity index (χ1n) is 6.40. The average Bonchev–Trinajstić information content (AvgIpc) is 2.90. The summed E-state index contributed by atoms with van der Waals surface area (Å²) in [5, 5.41) is 14.1. The van der Waals surface area contributed by atoms with Gasteiger partial charge < -0.3 is 10.1 Å². The number of ether oxygens (including phenoxy) is 1. The molecule has 4 nitrogen and oxygen atoms in total. The minimum absolute atomic E-state index is 0.379. The normalized spacial score (nSPS) is 20.3. The average molecular weight is 255 g/mol. The quantitative estimate of drug-likeness (QED) is 0.842. The molecule has 17 heavy (non-hydrogen) atoms. The standard InChI is InChI=1S/C12H21N3OS/c1-9(2)13-6-5-11-14-15-12(17-11)8-10-4-3-7-16-10/h9-10,13H,3-8H2,1-2H3. The van der Waals surface area contributed by atoms with E-state index >= 15 is 0 Å². The minimum atomic E-state index is 0.379. The third kappa shape index (κ3) is 4.33. The van der Waals surface area contributed by atoms with Crippen LogP contribution in [0.15, 0.2) is 0 Å². The Labute approximate surface area is 107 Å². The SMILES string of the molecule is CC(C)NCCc1nnc(CC2CCCO2)s1. The molecule has 2 heterocycles. The van der Waals surface area contributed by atoms with Crippen molar-refractivity contribution in [2.24, 2.45) is 0 Å². The third-order valence-corrected chi connectivity index (χ3v) is 3.83. The highest BCUT2D eigenvalue weighted by Gasteiger charge is 2.18. The molecule has 1 atom stereocenters. The fourth-order valence-electron chi connectivity index (χ4n) is 1.94. The largest absolute Gasteiger partial charge is 0.378 e. The summed E-state index contributed by atoms with van der Waals surface area (Å²) < 4.78 is 5.61. The number of aromatic nitrogens is 2. The number of rotatable bonds is 6. The summed E-state index contributed by atoms with van der Waals surface area (Å²) in [6.45, 7) is 6.20. The lowest BCUT2D eigenvalue weighted by molar-refractivity contribution is 0.111. The predicted molar refractivity (Wildman–Crippen MR) is 69.4 cm³/mol. The summed E-state index contributed by atoms with van der Waals surface area (Å²) in [5.41, 5.74) is 0. The molecule has 1 aliphatic rings. The molecule has 1 N–H and O–H groups in total. The van der Waals surface area contributed by atoms with Gasteiger partial charge in [0.1, 0.15) is 10.0 Å². The zero-order chi connectivity index (χ0) is 12.1. The summed E-state index contributed by atoms with van der Waals surface area (Å²) in [5.74, 6) is 0. The zero-order valence-corrected chi connectivity index (χ0v) is 11.4. The van der Waals surface area contributed by atoms with E-state index in [1.54, 1.807) is 11.3 Å². The van der Waals surface area contributed by atoms with Crippen molar-refractivity contribution in [1.29, 1.82) is 0 Å². The second kappa shape index (κ2) is 6.42. The molecular weight excluding hydrogens is 234 g/mol. The van der Waals surface area contributed by atoms with Crippen molar-refractivity contribution in [2.75, 3.05) is 13.2 Å². The molecule has 0 aromatic carbocycles. The van der Waals surface area contributed by atoms with Crippen molar-refractivity contribution in [3.05, 3.63) is 10.0 Å². The highest BCUT2D eigenvalue weighted by molar-refractivity contribution is 7.11. The Bertz CT molecular complexity index is 334. The van der Waals surface area contributed by atoms with E-state index in [1.165, 1.54) is 12.8 Å². The lowest BCUT2D eigenvalue weighted by Crippen LogP contribution is -2.24.